The molecule has 1 aliphatic heterocycles. The summed E-state index contributed by atoms with van der Waals surface area (Å²) in [6.45, 7) is 2.53. The normalized spacial score (nSPS) is 14.6. The third-order valence-corrected chi connectivity index (χ3v) is 6.33. The molecular weight excluding hydrogens is 446 g/mol. The highest BCUT2D eigenvalue weighted by atomic mass is 16.5. The van der Waals surface area contributed by atoms with Gasteiger partial charge in [0.1, 0.15) is 17.4 Å². The van der Waals surface area contributed by atoms with Crippen LogP contribution >= 0.6 is 0 Å². The number of aromatic nitrogens is 4. The van der Waals surface area contributed by atoms with E-state index in [4.69, 9.17) is 4.74 Å². The van der Waals surface area contributed by atoms with E-state index in [0.29, 0.717) is 42.7 Å². The van der Waals surface area contributed by atoms with Crippen LogP contribution in [0.4, 0.5) is 0 Å². The van der Waals surface area contributed by atoms with Crippen molar-refractivity contribution in [2.45, 2.75) is 45.3 Å². The van der Waals surface area contributed by atoms with Crippen molar-refractivity contribution in [2.75, 3.05) is 0 Å². The predicted molar refractivity (Wildman–Crippen MR) is 130 cm³/mol. The Morgan fingerprint density at radius 1 is 1.23 bits per heavy atom. The molecule has 0 bridgehead atoms. The number of para-hydroxylation sites is 1. The Hall–Kier alpha value is -4.14. The minimum absolute atomic E-state index is 0.0237. The van der Waals surface area contributed by atoms with Crippen LogP contribution < -0.4 is 10.1 Å². The smallest absolute Gasteiger partial charge is 0.340 e. The molecule has 3 heterocycles. The Balaban J connectivity index is 1.18. The molecule has 1 amide bonds. The molecule has 0 spiro atoms. The zero-order valence-electron chi connectivity index (χ0n) is 19.7. The van der Waals surface area contributed by atoms with Crippen LogP contribution in [0.2, 0.25) is 0 Å². The van der Waals surface area contributed by atoms with Crippen LogP contribution in [0.25, 0.3) is 16.7 Å². The number of amides is 1. The van der Waals surface area contributed by atoms with Crippen LogP contribution in [0.3, 0.4) is 0 Å². The first-order valence-electron chi connectivity index (χ1n) is 11.7. The van der Waals surface area contributed by atoms with E-state index in [-0.39, 0.29) is 17.6 Å². The fraction of sp³-hybridized carbons (Fsp3) is 0.308. The van der Waals surface area contributed by atoms with Gasteiger partial charge in [-0.1, -0.05) is 35.5 Å². The molecule has 4 aromatic rings. The Kier molecular flexibility index (Phi) is 5.98. The predicted octanol–water partition coefficient (Wildman–Crippen LogP) is 3.42. The fourth-order valence-electron chi connectivity index (χ4n) is 4.68. The minimum Gasteiger partial charge on any atom is -0.490 e. The first-order valence-corrected chi connectivity index (χ1v) is 11.7. The van der Waals surface area contributed by atoms with Crippen molar-refractivity contribution in [2.24, 2.45) is 7.05 Å². The molecule has 1 atom stereocenters. The van der Waals surface area contributed by atoms with E-state index in [0.717, 1.165) is 23.3 Å². The molecule has 9 heteroatoms. The molecule has 180 valence electrons. The van der Waals surface area contributed by atoms with E-state index in [2.05, 4.69) is 21.7 Å². The van der Waals surface area contributed by atoms with Crippen molar-refractivity contribution < 1.29 is 19.4 Å². The number of fused-ring (bicyclic) bond motifs is 2. The molecule has 35 heavy (non-hydrogen) atoms. The number of benzene rings is 2. The molecular formula is C26H27N5O4. The molecule has 1 aliphatic rings. The summed E-state index contributed by atoms with van der Waals surface area (Å²) in [6.07, 6.45) is 4.36. The number of rotatable bonds is 8. The van der Waals surface area contributed by atoms with E-state index in [9.17, 15) is 14.7 Å². The maximum Gasteiger partial charge on any atom is 0.340 e. The van der Waals surface area contributed by atoms with Crippen molar-refractivity contribution in [1.29, 1.82) is 0 Å². The van der Waals surface area contributed by atoms with Gasteiger partial charge in [0.2, 0.25) is 5.91 Å². The summed E-state index contributed by atoms with van der Waals surface area (Å²) < 4.78 is 9.02. The molecule has 2 aromatic carbocycles. The van der Waals surface area contributed by atoms with Gasteiger partial charge in [0.05, 0.1) is 17.4 Å². The fourth-order valence-corrected chi connectivity index (χ4v) is 4.68. The molecule has 9 nitrogen and oxygen atoms in total. The summed E-state index contributed by atoms with van der Waals surface area (Å²) in [5, 5.41) is 21.8. The second kappa shape index (κ2) is 9.25. The molecule has 0 saturated carbocycles. The molecule has 1 unspecified atom stereocenters. The van der Waals surface area contributed by atoms with Crippen LogP contribution in [-0.2, 0) is 31.2 Å². The quantitative estimate of drug-likeness (QED) is 0.406. The van der Waals surface area contributed by atoms with Crippen LogP contribution in [-0.4, -0.2) is 42.6 Å². The maximum atomic E-state index is 12.3. The molecule has 0 aliphatic carbocycles. The SMILES string of the molecule is CC1Cc2cc(CNC(=O)CCCc3cn(-c4c(C(=O)O)c5ccccc5n4C)nn3)ccc2O1. The molecule has 2 aromatic heterocycles. The van der Waals surface area contributed by atoms with Crippen molar-refractivity contribution in [3.63, 3.8) is 0 Å². The number of ether oxygens (including phenoxy) is 1. The molecule has 2 N–H and O–H groups in total. The first-order chi connectivity index (χ1) is 16.9. The highest BCUT2D eigenvalue weighted by molar-refractivity contribution is 6.07. The number of hydrogen-bond donors (Lipinski definition) is 2. The summed E-state index contributed by atoms with van der Waals surface area (Å²) in [5.41, 5.74) is 3.93. The van der Waals surface area contributed by atoms with Gasteiger partial charge in [-0.3, -0.25) is 4.79 Å². The second-order valence-electron chi connectivity index (χ2n) is 8.94. The Labute approximate surface area is 202 Å². The number of carboxylic acids is 1. The maximum absolute atomic E-state index is 12.3. The number of nitrogens with one attached hydrogen (secondary N) is 1. The van der Waals surface area contributed by atoms with Gasteiger partial charge >= 0.3 is 5.97 Å². The second-order valence-corrected chi connectivity index (χ2v) is 8.94. The molecule has 0 saturated heterocycles. The van der Waals surface area contributed by atoms with E-state index in [1.165, 1.54) is 10.2 Å². The Morgan fingerprint density at radius 2 is 2.06 bits per heavy atom. The van der Waals surface area contributed by atoms with Gasteiger partial charge in [-0.25, -0.2) is 9.48 Å². The number of aromatic carboxylic acids is 1. The number of carboxylic acid groups (broad SMARTS) is 1. The van der Waals surface area contributed by atoms with Gasteiger partial charge in [0.25, 0.3) is 0 Å². The highest BCUT2D eigenvalue weighted by Crippen LogP contribution is 2.30. The number of carbonyl (C=O) groups excluding carboxylic acids is 1. The zero-order chi connectivity index (χ0) is 24.5. The van der Waals surface area contributed by atoms with Crippen molar-refractivity contribution in [3.05, 3.63) is 71.0 Å². The van der Waals surface area contributed by atoms with Gasteiger partial charge in [0, 0.05) is 31.8 Å². The van der Waals surface area contributed by atoms with E-state index < -0.39 is 5.97 Å². The van der Waals surface area contributed by atoms with Gasteiger partial charge in [-0.05, 0) is 43.0 Å². The Morgan fingerprint density at radius 3 is 2.89 bits per heavy atom. The first kappa shape index (κ1) is 22.6. The van der Waals surface area contributed by atoms with E-state index in [1.54, 1.807) is 16.8 Å². The van der Waals surface area contributed by atoms with Gasteiger partial charge in [-0.15, -0.1) is 5.10 Å². The van der Waals surface area contributed by atoms with Gasteiger partial charge in [0.15, 0.2) is 5.82 Å². The summed E-state index contributed by atoms with van der Waals surface area (Å²) in [6, 6.07) is 13.4. The van der Waals surface area contributed by atoms with E-state index >= 15 is 0 Å². The summed E-state index contributed by atoms with van der Waals surface area (Å²) in [7, 11) is 1.81. The Bertz CT molecular complexity index is 1420. The molecule has 5 rings (SSSR count). The lowest BCUT2D eigenvalue weighted by Gasteiger charge is -2.07. The van der Waals surface area contributed by atoms with E-state index in [1.807, 2.05) is 44.3 Å². The summed E-state index contributed by atoms with van der Waals surface area (Å²) >= 11 is 0. The average molecular weight is 474 g/mol. The third-order valence-electron chi connectivity index (χ3n) is 6.33. The highest BCUT2D eigenvalue weighted by Gasteiger charge is 2.23. The van der Waals surface area contributed by atoms with Gasteiger partial charge < -0.3 is 19.7 Å². The van der Waals surface area contributed by atoms with Crippen LogP contribution in [0, 0.1) is 0 Å². The van der Waals surface area contributed by atoms with Crippen molar-refractivity contribution in [1.82, 2.24) is 24.9 Å². The standard InChI is InChI=1S/C26H27N5O4/c1-16-12-18-13-17(10-11-22(18)35-16)14-27-23(32)9-5-6-19-15-31(29-28-19)25-24(26(33)34)20-7-3-4-8-21(20)30(25)2/h3-4,7-8,10-11,13,15-16H,5-6,9,12,14H2,1-2H3,(H,27,32)(H,33,34). The topological polar surface area (TPSA) is 111 Å². The minimum atomic E-state index is -1.02. The average Bonchev–Trinajstić information content (AvgIpc) is 3.52. The number of aryl methyl sites for hydroxylation is 2. The van der Waals surface area contributed by atoms with Crippen molar-refractivity contribution in [3.8, 4) is 11.6 Å². The zero-order valence-corrected chi connectivity index (χ0v) is 19.7. The van der Waals surface area contributed by atoms with Crippen LogP contribution in [0.5, 0.6) is 5.75 Å². The largest absolute Gasteiger partial charge is 0.490 e. The molecule has 0 radical (unpaired) electrons. The lowest BCUT2D eigenvalue weighted by Crippen LogP contribution is -2.22. The summed E-state index contributed by atoms with van der Waals surface area (Å²) in [4.78, 5) is 24.3. The van der Waals surface area contributed by atoms with Gasteiger partial charge in [-0.2, -0.15) is 0 Å². The van der Waals surface area contributed by atoms with Crippen molar-refractivity contribution >= 4 is 22.8 Å². The summed E-state index contributed by atoms with van der Waals surface area (Å²) in [5.74, 6) is 0.337. The third kappa shape index (κ3) is 4.49. The number of nitrogens with zero attached hydrogens (tertiary/aromatic N) is 4. The number of hydrogen-bond acceptors (Lipinski definition) is 5. The molecule has 0 fully saturated rings. The monoisotopic (exact) mass is 473 g/mol. The number of carbonyl (C=O) groups is 2. The lowest BCUT2D eigenvalue weighted by molar-refractivity contribution is -0.121. The van der Waals surface area contributed by atoms with Crippen LogP contribution in [0.15, 0.2) is 48.7 Å². The lowest BCUT2D eigenvalue weighted by atomic mass is 10.1. The van der Waals surface area contributed by atoms with Crippen LogP contribution in [0.1, 0.15) is 46.9 Å².